The van der Waals surface area contributed by atoms with Crippen molar-refractivity contribution >= 4 is 11.9 Å². The molecule has 0 unspecified atom stereocenters. The number of aromatic nitrogens is 2. The Morgan fingerprint density at radius 2 is 2.12 bits per heavy atom. The van der Waals surface area contributed by atoms with Gasteiger partial charge in [0.2, 0.25) is 5.95 Å². The molecule has 6 heteroatoms. The number of nitrogens with one attached hydrogen (secondary N) is 1. The molecular formula is C18H21N3O3. The predicted molar refractivity (Wildman–Crippen MR) is 91.5 cm³/mol. The summed E-state index contributed by atoms with van der Waals surface area (Å²) in [6, 6.07) is 7.29. The maximum Gasteiger partial charge on any atom is 0.339 e. The molecule has 1 aliphatic carbocycles. The molecule has 1 fully saturated rings. The van der Waals surface area contributed by atoms with Crippen molar-refractivity contribution in [3.05, 3.63) is 36.0 Å². The van der Waals surface area contributed by atoms with E-state index in [1.54, 1.807) is 24.4 Å². The first-order valence-electron chi connectivity index (χ1n) is 8.27. The van der Waals surface area contributed by atoms with E-state index in [2.05, 4.69) is 15.3 Å². The number of hydrogen-bond acceptors (Lipinski definition) is 5. The first-order chi connectivity index (χ1) is 11.7. The minimum Gasteiger partial charge on any atom is -0.493 e. The fourth-order valence-corrected chi connectivity index (χ4v) is 2.98. The Labute approximate surface area is 140 Å². The van der Waals surface area contributed by atoms with Crippen molar-refractivity contribution in [1.82, 2.24) is 9.97 Å². The first kappa shape index (κ1) is 16.2. The van der Waals surface area contributed by atoms with Crippen LogP contribution in [0.25, 0.3) is 11.3 Å². The zero-order valence-electron chi connectivity index (χ0n) is 13.7. The smallest absolute Gasteiger partial charge is 0.339 e. The maximum atomic E-state index is 11.5. The van der Waals surface area contributed by atoms with Gasteiger partial charge >= 0.3 is 5.97 Å². The maximum absolute atomic E-state index is 11.5. The van der Waals surface area contributed by atoms with Crippen molar-refractivity contribution < 1.29 is 14.6 Å². The summed E-state index contributed by atoms with van der Waals surface area (Å²) in [5.41, 5.74) is 1.56. The van der Waals surface area contributed by atoms with Crippen molar-refractivity contribution in [2.24, 2.45) is 0 Å². The van der Waals surface area contributed by atoms with Crippen LogP contribution in [0.5, 0.6) is 5.75 Å². The van der Waals surface area contributed by atoms with Gasteiger partial charge in [-0.2, -0.15) is 0 Å². The lowest BCUT2D eigenvalue weighted by Gasteiger charge is -2.13. The molecule has 24 heavy (non-hydrogen) atoms. The van der Waals surface area contributed by atoms with Crippen LogP contribution in [-0.2, 0) is 0 Å². The van der Waals surface area contributed by atoms with Gasteiger partial charge in [-0.05, 0) is 44.0 Å². The molecule has 3 rings (SSSR count). The van der Waals surface area contributed by atoms with Crippen LogP contribution in [0.3, 0.4) is 0 Å². The molecule has 0 bridgehead atoms. The van der Waals surface area contributed by atoms with Crippen molar-refractivity contribution in [1.29, 1.82) is 0 Å². The van der Waals surface area contributed by atoms with Crippen LogP contribution in [0.1, 0.15) is 43.0 Å². The van der Waals surface area contributed by atoms with E-state index < -0.39 is 5.97 Å². The minimum atomic E-state index is -1.02. The van der Waals surface area contributed by atoms with Gasteiger partial charge in [0, 0.05) is 17.8 Å². The Morgan fingerprint density at radius 3 is 2.83 bits per heavy atom. The highest BCUT2D eigenvalue weighted by atomic mass is 16.5. The molecule has 1 saturated carbocycles. The Bertz CT molecular complexity index is 727. The molecule has 0 saturated heterocycles. The van der Waals surface area contributed by atoms with Gasteiger partial charge in [0.25, 0.3) is 0 Å². The molecule has 0 aliphatic heterocycles. The van der Waals surface area contributed by atoms with E-state index in [1.807, 2.05) is 13.0 Å². The molecule has 1 aromatic carbocycles. The Morgan fingerprint density at radius 1 is 1.33 bits per heavy atom. The Kier molecular flexibility index (Phi) is 4.93. The predicted octanol–water partition coefficient (Wildman–Crippen LogP) is 3.60. The summed E-state index contributed by atoms with van der Waals surface area (Å²) in [6.45, 7) is 2.24. The standard InChI is InChI=1S/C18H21N3O3/c1-2-24-16-8-7-12(11-14(16)17(22)23)15-9-10-19-18(21-15)20-13-5-3-4-6-13/h7-11,13H,2-6H2,1H3,(H,22,23)(H,19,20,21). The van der Waals surface area contributed by atoms with Crippen molar-refractivity contribution in [2.75, 3.05) is 11.9 Å². The van der Waals surface area contributed by atoms with Gasteiger partial charge in [-0.25, -0.2) is 14.8 Å². The average molecular weight is 327 g/mol. The van der Waals surface area contributed by atoms with Crippen LogP contribution in [0.15, 0.2) is 30.5 Å². The molecule has 1 heterocycles. The van der Waals surface area contributed by atoms with E-state index in [-0.39, 0.29) is 5.56 Å². The topological polar surface area (TPSA) is 84.3 Å². The third-order valence-electron chi connectivity index (χ3n) is 4.15. The lowest BCUT2D eigenvalue weighted by atomic mass is 10.1. The fraction of sp³-hybridized carbons (Fsp3) is 0.389. The second-order valence-electron chi connectivity index (χ2n) is 5.84. The van der Waals surface area contributed by atoms with Gasteiger partial charge in [0.15, 0.2) is 0 Å². The van der Waals surface area contributed by atoms with Gasteiger partial charge in [0.1, 0.15) is 11.3 Å². The van der Waals surface area contributed by atoms with Crippen LogP contribution in [-0.4, -0.2) is 33.7 Å². The molecule has 2 aromatic rings. The van der Waals surface area contributed by atoms with Crippen LogP contribution >= 0.6 is 0 Å². The summed E-state index contributed by atoms with van der Waals surface area (Å²) in [5.74, 6) is -0.0593. The van der Waals surface area contributed by atoms with Crippen molar-refractivity contribution in [3.8, 4) is 17.0 Å². The Hall–Kier alpha value is -2.63. The number of hydrogen-bond donors (Lipinski definition) is 2. The Balaban J connectivity index is 1.87. The summed E-state index contributed by atoms with van der Waals surface area (Å²) in [5, 5.41) is 12.7. The van der Waals surface area contributed by atoms with Crippen LogP contribution in [0.2, 0.25) is 0 Å². The lowest BCUT2D eigenvalue weighted by molar-refractivity contribution is 0.0692. The van der Waals surface area contributed by atoms with Crippen LogP contribution < -0.4 is 10.1 Å². The number of anilines is 1. The number of nitrogens with zero attached hydrogens (tertiary/aromatic N) is 2. The van der Waals surface area contributed by atoms with E-state index in [9.17, 15) is 9.90 Å². The number of carboxylic acids is 1. The van der Waals surface area contributed by atoms with Crippen LogP contribution in [0, 0.1) is 0 Å². The lowest BCUT2D eigenvalue weighted by Crippen LogP contribution is -2.16. The quantitative estimate of drug-likeness (QED) is 0.843. The highest BCUT2D eigenvalue weighted by Crippen LogP contribution is 2.27. The average Bonchev–Trinajstić information content (AvgIpc) is 3.08. The van der Waals surface area contributed by atoms with Crippen LogP contribution in [0.4, 0.5) is 5.95 Å². The number of ether oxygens (including phenoxy) is 1. The van der Waals surface area contributed by atoms with Gasteiger partial charge in [-0.3, -0.25) is 0 Å². The second-order valence-corrected chi connectivity index (χ2v) is 5.84. The molecular weight excluding hydrogens is 306 g/mol. The van der Waals surface area contributed by atoms with E-state index in [0.717, 1.165) is 18.4 Å². The minimum absolute atomic E-state index is 0.137. The molecule has 2 N–H and O–H groups in total. The molecule has 1 aliphatic rings. The number of benzene rings is 1. The second kappa shape index (κ2) is 7.29. The van der Waals surface area contributed by atoms with E-state index in [0.29, 0.717) is 30.0 Å². The molecule has 0 amide bonds. The summed E-state index contributed by atoms with van der Waals surface area (Å²) in [7, 11) is 0. The molecule has 0 radical (unpaired) electrons. The normalized spacial score (nSPS) is 14.5. The number of carboxylic acid groups (broad SMARTS) is 1. The highest BCUT2D eigenvalue weighted by Gasteiger charge is 2.17. The molecule has 0 spiro atoms. The van der Waals surface area contributed by atoms with Crippen molar-refractivity contribution in [2.45, 2.75) is 38.6 Å². The largest absolute Gasteiger partial charge is 0.493 e. The molecule has 1 aromatic heterocycles. The molecule has 0 atom stereocenters. The third kappa shape index (κ3) is 3.64. The highest BCUT2D eigenvalue weighted by molar-refractivity contribution is 5.92. The van der Waals surface area contributed by atoms with Gasteiger partial charge < -0.3 is 15.2 Å². The number of rotatable bonds is 6. The summed E-state index contributed by atoms with van der Waals surface area (Å²) < 4.78 is 5.38. The van der Waals surface area contributed by atoms with Crippen molar-refractivity contribution in [3.63, 3.8) is 0 Å². The molecule has 6 nitrogen and oxygen atoms in total. The summed E-state index contributed by atoms with van der Waals surface area (Å²) in [6.07, 6.45) is 6.44. The van der Waals surface area contributed by atoms with E-state index in [4.69, 9.17) is 4.74 Å². The van der Waals surface area contributed by atoms with Gasteiger partial charge in [-0.1, -0.05) is 12.8 Å². The fourth-order valence-electron chi connectivity index (χ4n) is 2.98. The summed E-state index contributed by atoms with van der Waals surface area (Å²) >= 11 is 0. The third-order valence-corrected chi connectivity index (χ3v) is 4.15. The number of carbonyl (C=O) groups is 1. The van der Waals surface area contributed by atoms with E-state index in [1.165, 1.54) is 12.8 Å². The zero-order valence-corrected chi connectivity index (χ0v) is 13.7. The number of aromatic carboxylic acids is 1. The van der Waals surface area contributed by atoms with Gasteiger partial charge in [0.05, 0.1) is 12.3 Å². The van der Waals surface area contributed by atoms with Gasteiger partial charge in [-0.15, -0.1) is 0 Å². The first-order valence-corrected chi connectivity index (χ1v) is 8.27. The SMILES string of the molecule is CCOc1ccc(-c2ccnc(NC3CCCC3)n2)cc1C(=O)O. The molecule has 126 valence electrons. The van der Waals surface area contributed by atoms with E-state index >= 15 is 0 Å². The summed E-state index contributed by atoms with van der Waals surface area (Å²) in [4.78, 5) is 20.2. The zero-order chi connectivity index (χ0) is 16.9. The monoisotopic (exact) mass is 327 g/mol.